The number of nitrogens with one attached hydrogen (secondary N) is 1. The van der Waals surface area contributed by atoms with Gasteiger partial charge in [-0.05, 0) is 40.0 Å². The Morgan fingerprint density at radius 2 is 2.11 bits per heavy atom. The number of piperidine rings is 1. The molecular formula is C13H22N2O3. The summed E-state index contributed by atoms with van der Waals surface area (Å²) in [5.74, 6) is 0.0933. The molecule has 2 heterocycles. The molecular weight excluding hydrogens is 232 g/mol. The van der Waals surface area contributed by atoms with Gasteiger partial charge < -0.3 is 15.0 Å². The molecule has 2 rings (SSSR count). The lowest BCUT2D eigenvalue weighted by atomic mass is 9.79. The molecule has 0 aromatic rings. The van der Waals surface area contributed by atoms with Crippen molar-refractivity contribution in [1.82, 2.24) is 10.2 Å². The molecule has 0 saturated carbocycles. The highest BCUT2D eigenvalue weighted by Crippen LogP contribution is 2.36. The van der Waals surface area contributed by atoms with Crippen LogP contribution < -0.4 is 5.32 Å². The second-order valence-corrected chi connectivity index (χ2v) is 6.29. The fourth-order valence-electron chi connectivity index (χ4n) is 2.72. The number of rotatable bonds is 0. The van der Waals surface area contributed by atoms with E-state index in [0.29, 0.717) is 13.1 Å². The standard InChI is InChI=1S/C13H22N2O3/c1-12(2,3)18-11(17)15-8-4-5-13(9-15)6-7-14-10(13)16/h4-9H2,1-3H3,(H,14,16)/t13-/m0/s1. The zero-order chi connectivity index (χ0) is 13.4. The molecule has 0 bridgehead atoms. The molecule has 18 heavy (non-hydrogen) atoms. The minimum atomic E-state index is -0.486. The zero-order valence-electron chi connectivity index (χ0n) is 11.4. The van der Waals surface area contributed by atoms with Crippen molar-refractivity contribution in [3.8, 4) is 0 Å². The number of carbonyl (C=O) groups is 2. The van der Waals surface area contributed by atoms with Crippen LogP contribution in [0.5, 0.6) is 0 Å². The van der Waals surface area contributed by atoms with E-state index in [1.807, 2.05) is 20.8 Å². The summed E-state index contributed by atoms with van der Waals surface area (Å²) in [5, 5.41) is 2.87. The van der Waals surface area contributed by atoms with Gasteiger partial charge in [-0.2, -0.15) is 0 Å². The maximum absolute atomic E-state index is 12.0. The molecule has 102 valence electrons. The molecule has 0 aliphatic carbocycles. The van der Waals surface area contributed by atoms with Gasteiger partial charge in [0.1, 0.15) is 5.60 Å². The van der Waals surface area contributed by atoms with Gasteiger partial charge in [-0.3, -0.25) is 4.79 Å². The van der Waals surface area contributed by atoms with Crippen molar-refractivity contribution < 1.29 is 14.3 Å². The number of amides is 2. The lowest BCUT2D eigenvalue weighted by molar-refractivity contribution is -0.130. The molecule has 2 saturated heterocycles. The minimum Gasteiger partial charge on any atom is -0.444 e. The second kappa shape index (κ2) is 4.44. The van der Waals surface area contributed by atoms with Gasteiger partial charge in [-0.25, -0.2) is 4.79 Å². The molecule has 0 aromatic carbocycles. The summed E-state index contributed by atoms with van der Waals surface area (Å²) in [6.45, 7) is 7.46. The van der Waals surface area contributed by atoms with Gasteiger partial charge in [0.05, 0.1) is 5.41 Å². The van der Waals surface area contributed by atoms with E-state index in [1.165, 1.54) is 0 Å². The largest absolute Gasteiger partial charge is 0.444 e. The fraction of sp³-hybridized carbons (Fsp3) is 0.846. The van der Waals surface area contributed by atoms with Crippen LogP contribution in [0.4, 0.5) is 4.79 Å². The first-order chi connectivity index (χ1) is 8.32. The van der Waals surface area contributed by atoms with Gasteiger partial charge in [0.15, 0.2) is 0 Å². The minimum absolute atomic E-state index is 0.0933. The monoisotopic (exact) mass is 254 g/mol. The molecule has 5 nitrogen and oxygen atoms in total. The van der Waals surface area contributed by atoms with Crippen molar-refractivity contribution >= 4 is 12.0 Å². The van der Waals surface area contributed by atoms with Gasteiger partial charge in [0.2, 0.25) is 5.91 Å². The van der Waals surface area contributed by atoms with Crippen LogP contribution in [-0.4, -0.2) is 42.1 Å². The first-order valence-corrected chi connectivity index (χ1v) is 6.59. The Morgan fingerprint density at radius 3 is 2.67 bits per heavy atom. The Kier molecular flexibility index (Phi) is 3.25. The molecule has 1 N–H and O–H groups in total. The zero-order valence-corrected chi connectivity index (χ0v) is 11.4. The van der Waals surface area contributed by atoms with Gasteiger partial charge in [0.25, 0.3) is 0 Å². The van der Waals surface area contributed by atoms with E-state index in [-0.39, 0.29) is 17.4 Å². The Labute approximate surface area is 108 Å². The summed E-state index contributed by atoms with van der Waals surface area (Å²) >= 11 is 0. The van der Waals surface area contributed by atoms with Crippen molar-refractivity contribution in [3.05, 3.63) is 0 Å². The Morgan fingerprint density at radius 1 is 1.39 bits per heavy atom. The van der Waals surface area contributed by atoms with Gasteiger partial charge in [-0.1, -0.05) is 0 Å². The predicted molar refractivity (Wildman–Crippen MR) is 67.1 cm³/mol. The van der Waals surface area contributed by atoms with E-state index in [9.17, 15) is 9.59 Å². The number of nitrogens with zero attached hydrogens (tertiary/aromatic N) is 1. The van der Waals surface area contributed by atoms with Crippen molar-refractivity contribution in [2.75, 3.05) is 19.6 Å². The van der Waals surface area contributed by atoms with E-state index in [0.717, 1.165) is 25.8 Å². The molecule has 2 aliphatic heterocycles. The van der Waals surface area contributed by atoms with Crippen LogP contribution in [0.25, 0.3) is 0 Å². The second-order valence-electron chi connectivity index (χ2n) is 6.29. The smallest absolute Gasteiger partial charge is 0.410 e. The van der Waals surface area contributed by atoms with E-state index in [1.54, 1.807) is 4.90 Å². The van der Waals surface area contributed by atoms with Crippen molar-refractivity contribution in [2.24, 2.45) is 5.41 Å². The van der Waals surface area contributed by atoms with Gasteiger partial charge in [0, 0.05) is 19.6 Å². The third-order valence-corrected chi connectivity index (χ3v) is 3.60. The van der Waals surface area contributed by atoms with Crippen LogP contribution in [-0.2, 0) is 9.53 Å². The summed E-state index contributed by atoms with van der Waals surface area (Å²) in [5.41, 5.74) is -0.852. The van der Waals surface area contributed by atoms with E-state index in [2.05, 4.69) is 5.32 Å². The number of hydrogen-bond donors (Lipinski definition) is 1. The van der Waals surface area contributed by atoms with Crippen LogP contribution in [0, 0.1) is 5.41 Å². The first kappa shape index (κ1) is 13.2. The maximum Gasteiger partial charge on any atom is 0.410 e. The Hall–Kier alpha value is -1.26. The highest BCUT2D eigenvalue weighted by Gasteiger charge is 2.46. The lowest BCUT2D eigenvalue weighted by Crippen LogP contribution is -2.50. The topological polar surface area (TPSA) is 58.6 Å². The highest BCUT2D eigenvalue weighted by atomic mass is 16.6. The van der Waals surface area contributed by atoms with Crippen molar-refractivity contribution in [2.45, 2.75) is 45.6 Å². The first-order valence-electron chi connectivity index (χ1n) is 6.59. The average Bonchev–Trinajstić information content (AvgIpc) is 2.58. The molecule has 0 unspecified atom stereocenters. The molecule has 1 atom stereocenters. The third-order valence-electron chi connectivity index (χ3n) is 3.60. The molecule has 2 fully saturated rings. The van der Waals surface area contributed by atoms with Crippen LogP contribution in [0.1, 0.15) is 40.0 Å². The molecule has 1 spiro atoms. The molecule has 2 aliphatic rings. The summed E-state index contributed by atoms with van der Waals surface area (Å²) < 4.78 is 5.37. The number of hydrogen-bond acceptors (Lipinski definition) is 3. The van der Waals surface area contributed by atoms with E-state index >= 15 is 0 Å². The van der Waals surface area contributed by atoms with Crippen LogP contribution in [0.2, 0.25) is 0 Å². The molecule has 2 amide bonds. The fourth-order valence-corrected chi connectivity index (χ4v) is 2.72. The third kappa shape index (κ3) is 2.60. The number of carbonyl (C=O) groups excluding carboxylic acids is 2. The average molecular weight is 254 g/mol. The Balaban J connectivity index is 2.03. The molecule has 0 aromatic heterocycles. The summed E-state index contributed by atoms with van der Waals surface area (Å²) in [7, 11) is 0. The van der Waals surface area contributed by atoms with Crippen molar-refractivity contribution in [3.63, 3.8) is 0 Å². The molecule has 5 heteroatoms. The number of likely N-dealkylation sites (tertiary alicyclic amines) is 1. The lowest BCUT2D eigenvalue weighted by Gasteiger charge is -2.38. The molecule has 0 radical (unpaired) electrons. The van der Waals surface area contributed by atoms with Gasteiger partial charge in [-0.15, -0.1) is 0 Å². The summed E-state index contributed by atoms with van der Waals surface area (Å²) in [4.78, 5) is 25.6. The normalized spacial score (nSPS) is 28.4. The highest BCUT2D eigenvalue weighted by molar-refractivity contribution is 5.85. The predicted octanol–water partition coefficient (Wildman–Crippen LogP) is 1.52. The summed E-state index contributed by atoms with van der Waals surface area (Å²) in [6.07, 6.45) is 2.26. The van der Waals surface area contributed by atoms with Crippen LogP contribution in [0.3, 0.4) is 0 Å². The number of ether oxygens (including phenoxy) is 1. The van der Waals surface area contributed by atoms with Crippen molar-refractivity contribution in [1.29, 1.82) is 0 Å². The van der Waals surface area contributed by atoms with E-state index < -0.39 is 5.60 Å². The SMILES string of the molecule is CC(C)(C)OC(=O)N1CCC[C@]2(CCNC2=O)C1. The van der Waals surface area contributed by atoms with Crippen LogP contribution >= 0.6 is 0 Å². The summed E-state index contributed by atoms with van der Waals surface area (Å²) in [6, 6.07) is 0. The van der Waals surface area contributed by atoms with Gasteiger partial charge >= 0.3 is 6.09 Å². The quantitative estimate of drug-likeness (QED) is 0.713. The van der Waals surface area contributed by atoms with Crippen LogP contribution in [0.15, 0.2) is 0 Å². The Bertz CT molecular complexity index is 362. The maximum atomic E-state index is 12.0. The van der Waals surface area contributed by atoms with E-state index in [4.69, 9.17) is 4.74 Å².